The van der Waals surface area contributed by atoms with E-state index in [4.69, 9.17) is 0 Å². The first kappa shape index (κ1) is 11.8. The Morgan fingerprint density at radius 1 is 1.28 bits per heavy atom. The van der Waals surface area contributed by atoms with Gasteiger partial charge >= 0.3 is 5.69 Å². The number of aromatic nitrogens is 1. The zero-order chi connectivity index (χ0) is 13.1. The molecule has 7 heteroatoms. The van der Waals surface area contributed by atoms with Crippen LogP contribution in [0.5, 0.6) is 0 Å². The van der Waals surface area contributed by atoms with Crippen LogP contribution < -0.4 is 10.0 Å². The van der Waals surface area contributed by atoms with E-state index in [1.807, 2.05) is 0 Å². The molecule has 0 fully saturated rings. The van der Waals surface area contributed by atoms with Gasteiger partial charge in [0.05, 0.1) is 16.7 Å². The first-order valence-electron chi connectivity index (χ1n) is 4.98. The monoisotopic (exact) mass is 250 g/mol. The predicted molar refractivity (Wildman–Crippen MR) is 60.2 cm³/mol. The van der Waals surface area contributed by atoms with Crippen LogP contribution in [0.4, 0.5) is 21.5 Å². The average Bonchev–Trinajstić information content (AvgIpc) is 2.32. The van der Waals surface area contributed by atoms with Crippen LogP contribution in [0.1, 0.15) is 0 Å². The second-order valence-corrected chi connectivity index (χ2v) is 3.49. The molecule has 0 saturated heterocycles. The van der Waals surface area contributed by atoms with Crippen LogP contribution in [-0.4, -0.2) is 10.1 Å². The largest absolute Gasteiger partial charge is 0.342 e. The van der Waals surface area contributed by atoms with E-state index in [1.54, 1.807) is 6.07 Å². The second-order valence-electron chi connectivity index (χ2n) is 3.49. The van der Waals surface area contributed by atoms with Crippen LogP contribution in [0.25, 0.3) is 0 Å². The van der Waals surface area contributed by atoms with Crippen LogP contribution in [0.3, 0.4) is 0 Å². The van der Waals surface area contributed by atoms with Gasteiger partial charge in [-0.15, -0.1) is 0 Å². The molecule has 2 aromatic rings. The molecule has 6 nitrogen and oxygen atoms in total. The molecule has 1 heterocycles. The molecule has 1 aromatic heterocycles. The normalized spacial score (nSPS) is 10.1. The zero-order valence-corrected chi connectivity index (χ0v) is 9.08. The Balaban J connectivity index is 2.42. The fourth-order valence-electron chi connectivity index (χ4n) is 1.44. The van der Waals surface area contributed by atoms with Crippen LogP contribution in [0.2, 0.25) is 0 Å². The molecule has 92 valence electrons. The van der Waals surface area contributed by atoms with E-state index >= 15 is 0 Å². The number of rotatable bonds is 3. The van der Waals surface area contributed by atoms with Gasteiger partial charge in [0.1, 0.15) is 5.82 Å². The third-order valence-electron chi connectivity index (χ3n) is 2.26. The summed E-state index contributed by atoms with van der Waals surface area (Å²) in [6.07, 6.45) is 2.20. The minimum Gasteiger partial charge on any atom is -0.342 e. The van der Waals surface area contributed by atoms with Crippen molar-refractivity contribution in [2.24, 2.45) is 0 Å². The van der Waals surface area contributed by atoms with Gasteiger partial charge in [-0.3, -0.25) is 15.3 Å². The average molecular weight is 250 g/mol. The fourth-order valence-corrected chi connectivity index (χ4v) is 1.44. The number of anilines is 2. The Labute approximate surface area is 101 Å². The summed E-state index contributed by atoms with van der Waals surface area (Å²) in [7, 11) is 0. The number of hydrogen-bond donors (Lipinski definition) is 2. The summed E-state index contributed by atoms with van der Waals surface area (Å²) in [6.45, 7) is 0. The van der Waals surface area contributed by atoms with Crippen molar-refractivity contribution in [1.82, 2.24) is 0 Å². The van der Waals surface area contributed by atoms with Crippen LogP contribution in [0.15, 0.2) is 42.7 Å². The lowest BCUT2D eigenvalue weighted by Crippen LogP contribution is -2.29. The van der Waals surface area contributed by atoms with Gasteiger partial charge in [-0.1, -0.05) is 12.1 Å². The van der Waals surface area contributed by atoms with Gasteiger partial charge in [-0.25, -0.2) is 4.39 Å². The molecule has 0 radical (unpaired) electrons. The second kappa shape index (κ2) is 4.66. The SMILES string of the molecule is O=[N+]([O-])c1cc[n+](O)cc1Nc1ccccc1F. The number of nitro groups is 1. The van der Waals surface area contributed by atoms with E-state index in [9.17, 15) is 19.7 Å². The smallest absolute Gasteiger partial charge is 0.305 e. The minimum absolute atomic E-state index is 0.00454. The number of nitrogens with zero attached hydrogens (tertiary/aromatic N) is 2. The molecular weight excluding hydrogens is 241 g/mol. The first-order chi connectivity index (χ1) is 8.58. The highest BCUT2D eigenvalue weighted by Crippen LogP contribution is 2.26. The number of benzene rings is 1. The summed E-state index contributed by atoms with van der Waals surface area (Å²) in [5.41, 5.74) is -0.176. The van der Waals surface area contributed by atoms with Crippen LogP contribution in [-0.2, 0) is 0 Å². The van der Waals surface area contributed by atoms with Crippen LogP contribution in [0, 0.1) is 15.9 Å². The lowest BCUT2D eigenvalue weighted by Gasteiger charge is -2.05. The summed E-state index contributed by atoms with van der Waals surface area (Å²) in [4.78, 5) is 10.2. The number of para-hydroxylation sites is 1. The number of halogens is 1. The van der Waals surface area contributed by atoms with Gasteiger partial charge in [0.25, 0.3) is 6.20 Å². The molecule has 2 N–H and O–H groups in total. The van der Waals surface area contributed by atoms with Gasteiger partial charge in [0.2, 0.25) is 6.20 Å². The molecule has 0 amide bonds. The summed E-state index contributed by atoms with van der Waals surface area (Å²) in [5.74, 6) is -0.542. The molecule has 2 rings (SSSR count). The lowest BCUT2D eigenvalue weighted by molar-refractivity contribution is -0.904. The lowest BCUT2D eigenvalue weighted by atomic mass is 10.2. The highest BCUT2D eigenvalue weighted by Gasteiger charge is 2.19. The van der Waals surface area contributed by atoms with E-state index in [-0.39, 0.29) is 17.1 Å². The zero-order valence-electron chi connectivity index (χ0n) is 9.08. The molecule has 0 atom stereocenters. The standard InChI is InChI=1S/C11H9FN3O3/c12-8-3-1-2-4-9(8)13-10-7-14(16)6-5-11(10)15(17)18/h1-7,13,16H/q+1. The molecule has 0 aliphatic heterocycles. The summed E-state index contributed by atoms with van der Waals surface area (Å²) < 4.78 is 14.1. The first-order valence-corrected chi connectivity index (χ1v) is 4.98. The Hall–Kier alpha value is -2.70. The molecule has 0 spiro atoms. The van der Waals surface area contributed by atoms with Gasteiger partial charge in [-0.05, 0) is 12.1 Å². The van der Waals surface area contributed by atoms with Crippen molar-refractivity contribution in [2.75, 3.05) is 5.32 Å². The molecular formula is C11H9FN3O3+. The molecule has 0 aliphatic carbocycles. The van der Waals surface area contributed by atoms with Crippen molar-refractivity contribution in [3.8, 4) is 0 Å². The molecule has 18 heavy (non-hydrogen) atoms. The summed E-state index contributed by atoms with van der Waals surface area (Å²) in [6, 6.07) is 6.88. The topological polar surface area (TPSA) is 79.3 Å². The third-order valence-corrected chi connectivity index (χ3v) is 2.26. The molecule has 0 saturated carbocycles. The molecule has 0 aliphatic rings. The van der Waals surface area contributed by atoms with Crippen molar-refractivity contribution < 1.29 is 19.3 Å². The quantitative estimate of drug-likeness (QED) is 0.378. The molecule has 1 aromatic carbocycles. The highest BCUT2D eigenvalue weighted by atomic mass is 19.1. The van der Waals surface area contributed by atoms with Crippen LogP contribution >= 0.6 is 0 Å². The van der Waals surface area contributed by atoms with E-state index in [0.29, 0.717) is 4.73 Å². The Bertz CT molecular complexity index is 604. The third kappa shape index (κ3) is 2.34. The Kier molecular flexibility index (Phi) is 3.05. The number of pyridine rings is 1. The van der Waals surface area contributed by atoms with Gasteiger partial charge in [-0.2, -0.15) is 0 Å². The molecule has 0 bridgehead atoms. The summed E-state index contributed by atoms with van der Waals surface area (Å²) >= 11 is 0. The van der Waals surface area contributed by atoms with Crippen molar-refractivity contribution in [3.63, 3.8) is 0 Å². The fraction of sp³-hybridized carbons (Fsp3) is 0. The van der Waals surface area contributed by atoms with Gasteiger partial charge < -0.3 is 5.32 Å². The maximum atomic E-state index is 13.4. The Morgan fingerprint density at radius 2 is 2.00 bits per heavy atom. The minimum atomic E-state index is -0.622. The number of nitrogens with one attached hydrogen (secondary N) is 1. The van der Waals surface area contributed by atoms with Crippen molar-refractivity contribution in [1.29, 1.82) is 0 Å². The van der Waals surface area contributed by atoms with Gasteiger partial charge in [0, 0.05) is 4.73 Å². The number of hydrogen-bond acceptors (Lipinski definition) is 4. The van der Waals surface area contributed by atoms with E-state index in [2.05, 4.69) is 5.32 Å². The van der Waals surface area contributed by atoms with E-state index in [0.717, 1.165) is 18.5 Å². The summed E-state index contributed by atoms with van der Waals surface area (Å²) in [5, 5.41) is 22.6. The Morgan fingerprint density at radius 3 is 2.67 bits per heavy atom. The highest BCUT2D eigenvalue weighted by molar-refractivity contribution is 5.67. The molecule has 0 unspecified atom stereocenters. The van der Waals surface area contributed by atoms with E-state index < -0.39 is 10.7 Å². The maximum absolute atomic E-state index is 13.4. The predicted octanol–water partition coefficient (Wildman–Crippen LogP) is 2.00. The van der Waals surface area contributed by atoms with Gasteiger partial charge in [0.15, 0.2) is 5.69 Å². The van der Waals surface area contributed by atoms with Crippen molar-refractivity contribution in [3.05, 3.63) is 58.7 Å². The van der Waals surface area contributed by atoms with Crippen molar-refractivity contribution >= 4 is 17.1 Å². The maximum Gasteiger partial charge on any atom is 0.305 e. The van der Waals surface area contributed by atoms with E-state index in [1.165, 1.54) is 18.2 Å². The van der Waals surface area contributed by atoms with Crippen molar-refractivity contribution in [2.45, 2.75) is 0 Å².